The van der Waals surface area contributed by atoms with E-state index < -0.39 is 11.6 Å². The minimum atomic E-state index is -0.941. The van der Waals surface area contributed by atoms with Crippen LogP contribution in [0.15, 0.2) is 23.1 Å². The second-order valence-corrected chi connectivity index (χ2v) is 5.92. The van der Waals surface area contributed by atoms with Crippen molar-refractivity contribution in [2.24, 2.45) is 0 Å². The van der Waals surface area contributed by atoms with Crippen LogP contribution in [0, 0.1) is 11.6 Å². The first kappa shape index (κ1) is 18.4. The van der Waals surface area contributed by atoms with Gasteiger partial charge in [0, 0.05) is 17.5 Å². The molecule has 0 aliphatic carbocycles. The van der Waals surface area contributed by atoms with Gasteiger partial charge in [0.05, 0.1) is 19.3 Å². The van der Waals surface area contributed by atoms with Crippen molar-refractivity contribution in [1.29, 1.82) is 0 Å². The number of ether oxygens (including phenoxy) is 1. The number of benzene rings is 1. The molecule has 0 aromatic heterocycles. The third kappa shape index (κ3) is 5.63. The molecule has 0 saturated heterocycles. The highest BCUT2D eigenvalue weighted by atomic mass is 32.2. The summed E-state index contributed by atoms with van der Waals surface area (Å²) in [4.78, 5) is 25.4. The van der Waals surface area contributed by atoms with Crippen molar-refractivity contribution in [3.05, 3.63) is 29.8 Å². The van der Waals surface area contributed by atoms with E-state index in [-0.39, 0.29) is 36.6 Å². The summed E-state index contributed by atoms with van der Waals surface area (Å²) in [5.74, 6) is -2.33. The Balaban J connectivity index is 2.59. The van der Waals surface area contributed by atoms with Crippen molar-refractivity contribution >= 4 is 23.6 Å². The summed E-state index contributed by atoms with van der Waals surface area (Å²) in [6, 6.07) is 3.44. The van der Waals surface area contributed by atoms with Crippen LogP contribution in [0.4, 0.5) is 8.78 Å². The van der Waals surface area contributed by atoms with E-state index in [1.54, 1.807) is 4.90 Å². The van der Waals surface area contributed by atoms with Crippen LogP contribution >= 0.6 is 11.8 Å². The third-order valence-corrected chi connectivity index (χ3v) is 3.96. The Labute approximate surface area is 132 Å². The van der Waals surface area contributed by atoms with E-state index in [0.29, 0.717) is 4.90 Å². The molecule has 0 aliphatic heterocycles. The van der Waals surface area contributed by atoms with Crippen LogP contribution in [0.3, 0.4) is 0 Å². The van der Waals surface area contributed by atoms with Crippen molar-refractivity contribution in [3.8, 4) is 0 Å². The van der Waals surface area contributed by atoms with Gasteiger partial charge in [-0.15, -0.1) is 11.8 Å². The maximum Gasteiger partial charge on any atom is 0.307 e. The van der Waals surface area contributed by atoms with Crippen LogP contribution in [0.1, 0.15) is 20.3 Å². The molecule has 0 atom stereocenters. The highest BCUT2D eigenvalue weighted by Gasteiger charge is 2.18. The number of amides is 1. The van der Waals surface area contributed by atoms with Gasteiger partial charge in [-0.3, -0.25) is 9.59 Å². The molecule has 7 heteroatoms. The van der Waals surface area contributed by atoms with E-state index in [2.05, 4.69) is 4.74 Å². The summed E-state index contributed by atoms with van der Waals surface area (Å²) in [6.07, 6.45) is 0.121. The second-order valence-electron chi connectivity index (χ2n) is 4.87. The zero-order valence-corrected chi connectivity index (χ0v) is 13.6. The molecule has 122 valence electrons. The van der Waals surface area contributed by atoms with Crippen LogP contribution in [-0.2, 0) is 14.3 Å². The number of methoxy groups -OCH3 is 1. The van der Waals surface area contributed by atoms with E-state index in [1.165, 1.54) is 13.2 Å². The van der Waals surface area contributed by atoms with Gasteiger partial charge in [-0.25, -0.2) is 8.78 Å². The van der Waals surface area contributed by atoms with E-state index in [0.717, 1.165) is 23.9 Å². The van der Waals surface area contributed by atoms with Crippen molar-refractivity contribution in [3.63, 3.8) is 0 Å². The highest BCUT2D eigenvalue weighted by Crippen LogP contribution is 2.21. The zero-order chi connectivity index (χ0) is 16.7. The predicted octanol–water partition coefficient (Wildman–Crippen LogP) is 2.86. The molecule has 0 radical (unpaired) electrons. The molecular weight excluding hydrogens is 312 g/mol. The number of thioether (sulfide) groups is 1. The van der Waals surface area contributed by atoms with Crippen molar-refractivity contribution in [2.45, 2.75) is 31.2 Å². The molecule has 4 nitrogen and oxygen atoms in total. The number of hydrogen-bond donors (Lipinski definition) is 0. The average Bonchev–Trinajstić information content (AvgIpc) is 2.48. The molecule has 1 rings (SSSR count). The smallest absolute Gasteiger partial charge is 0.307 e. The Kier molecular flexibility index (Phi) is 7.31. The minimum absolute atomic E-state index is 0.0669. The molecule has 0 N–H and O–H groups in total. The lowest BCUT2D eigenvalue weighted by atomic mass is 10.3. The first-order chi connectivity index (χ1) is 10.3. The number of rotatable bonds is 7. The third-order valence-electron chi connectivity index (χ3n) is 2.98. The van der Waals surface area contributed by atoms with Gasteiger partial charge in [-0.1, -0.05) is 0 Å². The van der Waals surface area contributed by atoms with E-state index in [4.69, 9.17) is 0 Å². The van der Waals surface area contributed by atoms with Gasteiger partial charge >= 0.3 is 5.97 Å². The fraction of sp³-hybridized carbons (Fsp3) is 0.467. The number of hydrogen-bond acceptors (Lipinski definition) is 4. The molecule has 0 spiro atoms. The molecule has 1 amide bonds. The van der Waals surface area contributed by atoms with Crippen LogP contribution in [0.25, 0.3) is 0 Å². The van der Waals surface area contributed by atoms with Gasteiger partial charge in [0.1, 0.15) is 0 Å². The summed E-state index contributed by atoms with van der Waals surface area (Å²) >= 11 is 1.12. The van der Waals surface area contributed by atoms with E-state index >= 15 is 0 Å². The molecule has 0 heterocycles. The molecule has 0 aliphatic rings. The molecule has 1 aromatic rings. The topological polar surface area (TPSA) is 46.6 Å². The highest BCUT2D eigenvalue weighted by molar-refractivity contribution is 8.00. The molecule has 0 unspecified atom stereocenters. The monoisotopic (exact) mass is 331 g/mol. The van der Waals surface area contributed by atoms with Crippen LogP contribution in [0.2, 0.25) is 0 Å². The van der Waals surface area contributed by atoms with Gasteiger partial charge < -0.3 is 9.64 Å². The lowest BCUT2D eigenvalue weighted by Crippen LogP contribution is -2.39. The van der Waals surface area contributed by atoms with Gasteiger partial charge in [0.15, 0.2) is 11.6 Å². The maximum atomic E-state index is 13.1. The van der Waals surface area contributed by atoms with Crippen molar-refractivity contribution in [1.82, 2.24) is 4.90 Å². The fourth-order valence-electron chi connectivity index (χ4n) is 1.78. The standard InChI is InChI=1S/C15H19F2NO3S/c1-10(2)18(7-6-15(20)21-3)14(19)9-22-11-4-5-12(16)13(17)8-11/h4-5,8,10H,6-7,9H2,1-3H3. The van der Waals surface area contributed by atoms with Gasteiger partial charge in [0.2, 0.25) is 5.91 Å². The first-order valence-electron chi connectivity index (χ1n) is 6.79. The minimum Gasteiger partial charge on any atom is -0.469 e. The normalized spacial score (nSPS) is 10.6. The lowest BCUT2D eigenvalue weighted by Gasteiger charge is -2.26. The number of carbonyl (C=O) groups is 2. The van der Waals surface area contributed by atoms with Crippen molar-refractivity contribution < 1.29 is 23.1 Å². The van der Waals surface area contributed by atoms with Crippen LogP contribution in [-0.4, -0.2) is 42.2 Å². The Bertz CT molecular complexity index is 538. The molecule has 22 heavy (non-hydrogen) atoms. The van der Waals surface area contributed by atoms with E-state index in [1.807, 2.05) is 13.8 Å². The second kappa shape index (κ2) is 8.73. The number of carbonyl (C=O) groups excluding carboxylic acids is 2. The molecule has 0 fully saturated rings. The Hall–Kier alpha value is -1.63. The molecule has 0 saturated carbocycles. The molecule has 0 bridgehead atoms. The largest absolute Gasteiger partial charge is 0.469 e. The van der Waals surface area contributed by atoms with Crippen LogP contribution in [0.5, 0.6) is 0 Å². The van der Waals surface area contributed by atoms with Crippen LogP contribution < -0.4 is 0 Å². The zero-order valence-electron chi connectivity index (χ0n) is 12.8. The van der Waals surface area contributed by atoms with Gasteiger partial charge in [0.25, 0.3) is 0 Å². The Morgan fingerprint density at radius 3 is 2.50 bits per heavy atom. The SMILES string of the molecule is COC(=O)CCN(C(=O)CSc1ccc(F)c(F)c1)C(C)C. The van der Waals surface area contributed by atoms with Crippen molar-refractivity contribution in [2.75, 3.05) is 19.4 Å². The number of esters is 1. The lowest BCUT2D eigenvalue weighted by molar-refractivity contribution is -0.141. The first-order valence-corrected chi connectivity index (χ1v) is 7.77. The summed E-state index contributed by atoms with van der Waals surface area (Å²) in [6.45, 7) is 3.95. The quantitative estimate of drug-likeness (QED) is 0.569. The van der Waals surface area contributed by atoms with Gasteiger partial charge in [-0.2, -0.15) is 0 Å². The summed E-state index contributed by atoms with van der Waals surface area (Å²) in [7, 11) is 1.29. The number of halogens is 2. The fourth-order valence-corrected chi connectivity index (χ4v) is 2.59. The maximum absolute atomic E-state index is 13.1. The summed E-state index contributed by atoms with van der Waals surface area (Å²) in [5.41, 5.74) is 0. The number of nitrogens with zero attached hydrogens (tertiary/aromatic N) is 1. The molecular formula is C15H19F2NO3S. The average molecular weight is 331 g/mol. The molecule has 1 aromatic carbocycles. The predicted molar refractivity (Wildman–Crippen MR) is 80.6 cm³/mol. The van der Waals surface area contributed by atoms with E-state index in [9.17, 15) is 18.4 Å². The Morgan fingerprint density at radius 2 is 1.95 bits per heavy atom. The summed E-state index contributed by atoms with van der Waals surface area (Å²) < 4.78 is 30.5. The Morgan fingerprint density at radius 1 is 1.27 bits per heavy atom. The summed E-state index contributed by atoms with van der Waals surface area (Å²) in [5, 5.41) is 0. The van der Waals surface area contributed by atoms with Gasteiger partial charge in [-0.05, 0) is 32.0 Å².